The molecule has 1 aromatic rings. The Morgan fingerprint density at radius 3 is 2.68 bits per heavy atom. The highest BCUT2D eigenvalue weighted by Crippen LogP contribution is 2.27. The van der Waals surface area contributed by atoms with Crippen LogP contribution in [-0.4, -0.2) is 23.6 Å². The average Bonchev–Trinajstić information content (AvgIpc) is 2.48. The second-order valence-electron chi connectivity index (χ2n) is 5.90. The second kappa shape index (κ2) is 8.22. The van der Waals surface area contributed by atoms with Crippen LogP contribution < -0.4 is 10.6 Å². The Hall–Kier alpha value is -1.49. The van der Waals surface area contributed by atoms with E-state index >= 15 is 0 Å². The minimum atomic E-state index is -0.103. The molecule has 2 rings (SSSR count). The van der Waals surface area contributed by atoms with Gasteiger partial charge in [0, 0.05) is 17.9 Å². The second-order valence-corrected chi connectivity index (χ2v) is 6.92. The predicted molar refractivity (Wildman–Crippen MR) is 91.0 cm³/mol. The van der Waals surface area contributed by atoms with E-state index in [4.69, 9.17) is 0 Å². The zero-order valence-electron chi connectivity index (χ0n) is 13.2. The van der Waals surface area contributed by atoms with Gasteiger partial charge in [-0.1, -0.05) is 31.9 Å². The standard InChI is InChI=1S/C17H24N2O2S/c1-12-7-3-4-8-14(12)19-17(21)11-22-16-10-6-5-9-15(16)18-13(2)20/h5-6,9-10,12,14H,3-4,7-8,11H2,1-2H3,(H,18,20)(H,19,21)/t12-,14+/m0/s1. The lowest BCUT2D eigenvalue weighted by atomic mass is 9.86. The van der Waals surface area contributed by atoms with Crippen LogP contribution >= 0.6 is 11.8 Å². The topological polar surface area (TPSA) is 58.2 Å². The smallest absolute Gasteiger partial charge is 0.230 e. The maximum absolute atomic E-state index is 12.1. The fraction of sp³-hybridized carbons (Fsp3) is 0.529. The van der Waals surface area contributed by atoms with Gasteiger partial charge in [-0.15, -0.1) is 11.8 Å². The zero-order chi connectivity index (χ0) is 15.9. The molecular formula is C17H24N2O2S. The number of hydrogen-bond acceptors (Lipinski definition) is 3. The molecule has 0 radical (unpaired) electrons. The summed E-state index contributed by atoms with van der Waals surface area (Å²) >= 11 is 1.46. The number of rotatable bonds is 5. The molecule has 1 saturated carbocycles. The Bertz CT molecular complexity index is 533. The molecule has 22 heavy (non-hydrogen) atoms. The molecule has 1 aromatic carbocycles. The maximum Gasteiger partial charge on any atom is 0.230 e. The van der Waals surface area contributed by atoms with Crippen LogP contribution in [0.1, 0.15) is 39.5 Å². The van der Waals surface area contributed by atoms with Crippen LogP contribution in [-0.2, 0) is 9.59 Å². The molecule has 1 aliphatic carbocycles. The van der Waals surface area contributed by atoms with Crippen LogP contribution in [0.2, 0.25) is 0 Å². The van der Waals surface area contributed by atoms with Gasteiger partial charge in [-0.25, -0.2) is 0 Å². The molecule has 120 valence electrons. The third-order valence-electron chi connectivity index (χ3n) is 4.01. The summed E-state index contributed by atoms with van der Waals surface area (Å²) < 4.78 is 0. The van der Waals surface area contributed by atoms with Crippen molar-refractivity contribution in [2.24, 2.45) is 5.92 Å². The Balaban J connectivity index is 1.87. The summed E-state index contributed by atoms with van der Waals surface area (Å²) in [5.41, 5.74) is 0.763. The van der Waals surface area contributed by atoms with Gasteiger partial charge in [0.25, 0.3) is 0 Å². The van der Waals surface area contributed by atoms with E-state index in [2.05, 4.69) is 17.6 Å². The number of hydrogen-bond donors (Lipinski definition) is 2. The molecule has 0 heterocycles. The fourth-order valence-corrected chi connectivity index (χ4v) is 3.63. The highest BCUT2D eigenvalue weighted by atomic mass is 32.2. The van der Waals surface area contributed by atoms with Crippen molar-refractivity contribution in [3.8, 4) is 0 Å². The molecule has 0 saturated heterocycles. The van der Waals surface area contributed by atoms with Crippen molar-refractivity contribution in [1.82, 2.24) is 5.32 Å². The van der Waals surface area contributed by atoms with Gasteiger partial charge in [-0.05, 0) is 30.9 Å². The summed E-state index contributed by atoms with van der Waals surface area (Å²) in [6.07, 6.45) is 4.75. The first-order valence-electron chi connectivity index (χ1n) is 7.85. The third-order valence-corrected chi connectivity index (χ3v) is 5.09. The van der Waals surface area contributed by atoms with E-state index in [0.29, 0.717) is 17.7 Å². The van der Waals surface area contributed by atoms with Crippen molar-refractivity contribution in [1.29, 1.82) is 0 Å². The van der Waals surface area contributed by atoms with Crippen LogP contribution in [0.5, 0.6) is 0 Å². The van der Waals surface area contributed by atoms with Crippen molar-refractivity contribution in [2.75, 3.05) is 11.1 Å². The summed E-state index contributed by atoms with van der Waals surface area (Å²) in [5.74, 6) is 0.907. The molecular weight excluding hydrogens is 296 g/mol. The first-order chi connectivity index (χ1) is 10.6. The maximum atomic E-state index is 12.1. The van der Waals surface area contributed by atoms with Gasteiger partial charge in [0.1, 0.15) is 0 Å². The van der Waals surface area contributed by atoms with Gasteiger partial charge in [0.2, 0.25) is 11.8 Å². The molecule has 0 bridgehead atoms. The normalized spacial score (nSPS) is 21.2. The quantitative estimate of drug-likeness (QED) is 0.817. The number of carbonyl (C=O) groups is 2. The number of para-hydroxylation sites is 1. The van der Waals surface area contributed by atoms with Crippen molar-refractivity contribution in [3.63, 3.8) is 0 Å². The van der Waals surface area contributed by atoms with Crippen molar-refractivity contribution in [3.05, 3.63) is 24.3 Å². The van der Waals surface area contributed by atoms with Crippen molar-refractivity contribution >= 4 is 29.3 Å². The lowest BCUT2D eigenvalue weighted by Crippen LogP contribution is -2.41. The molecule has 0 aliphatic heterocycles. The molecule has 4 nitrogen and oxygen atoms in total. The number of amides is 2. The molecule has 2 atom stereocenters. The molecule has 2 N–H and O–H groups in total. The van der Waals surface area contributed by atoms with E-state index < -0.39 is 0 Å². The first kappa shape index (κ1) is 16.9. The molecule has 2 amide bonds. The lowest BCUT2D eigenvalue weighted by Gasteiger charge is -2.29. The predicted octanol–water partition coefficient (Wildman–Crippen LogP) is 3.43. The fourth-order valence-electron chi connectivity index (χ4n) is 2.81. The van der Waals surface area contributed by atoms with Crippen LogP contribution in [0.3, 0.4) is 0 Å². The van der Waals surface area contributed by atoms with Crippen LogP contribution in [0, 0.1) is 5.92 Å². The Morgan fingerprint density at radius 1 is 1.23 bits per heavy atom. The Morgan fingerprint density at radius 2 is 1.95 bits per heavy atom. The molecule has 5 heteroatoms. The summed E-state index contributed by atoms with van der Waals surface area (Å²) in [6, 6.07) is 7.87. The third kappa shape index (κ3) is 5.05. The minimum Gasteiger partial charge on any atom is -0.352 e. The molecule has 0 unspecified atom stereocenters. The van der Waals surface area contributed by atoms with Crippen LogP contribution in [0.25, 0.3) is 0 Å². The molecule has 0 spiro atoms. The van der Waals surface area contributed by atoms with E-state index in [0.717, 1.165) is 17.0 Å². The van der Waals surface area contributed by atoms with Gasteiger partial charge >= 0.3 is 0 Å². The molecule has 1 fully saturated rings. The molecule has 0 aromatic heterocycles. The van der Waals surface area contributed by atoms with E-state index in [9.17, 15) is 9.59 Å². The number of anilines is 1. The minimum absolute atomic E-state index is 0.0707. The van der Waals surface area contributed by atoms with Gasteiger partial charge in [-0.2, -0.15) is 0 Å². The largest absolute Gasteiger partial charge is 0.352 e. The lowest BCUT2D eigenvalue weighted by molar-refractivity contribution is -0.119. The highest BCUT2D eigenvalue weighted by Gasteiger charge is 2.22. The van der Waals surface area contributed by atoms with Gasteiger partial charge in [0.05, 0.1) is 11.4 Å². The van der Waals surface area contributed by atoms with E-state index in [1.54, 1.807) is 0 Å². The summed E-state index contributed by atoms with van der Waals surface area (Å²) in [7, 11) is 0. The average molecular weight is 320 g/mol. The highest BCUT2D eigenvalue weighted by molar-refractivity contribution is 8.00. The zero-order valence-corrected chi connectivity index (χ0v) is 14.0. The van der Waals surface area contributed by atoms with E-state index in [-0.39, 0.29) is 11.8 Å². The summed E-state index contributed by atoms with van der Waals surface area (Å²) in [6.45, 7) is 3.70. The van der Waals surface area contributed by atoms with E-state index in [1.807, 2.05) is 24.3 Å². The first-order valence-corrected chi connectivity index (χ1v) is 8.83. The Kier molecular flexibility index (Phi) is 6.31. The SMILES string of the molecule is CC(=O)Nc1ccccc1SCC(=O)N[C@@H]1CCCC[C@@H]1C. The summed E-state index contributed by atoms with van der Waals surface area (Å²) in [4.78, 5) is 24.3. The number of benzene rings is 1. The number of nitrogens with one attached hydrogen (secondary N) is 2. The van der Waals surface area contributed by atoms with Gasteiger partial charge < -0.3 is 10.6 Å². The van der Waals surface area contributed by atoms with E-state index in [1.165, 1.54) is 37.9 Å². The van der Waals surface area contributed by atoms with Crippen molar-refractivity contribution in [2.45, 2.75) is 50.5 Å². The van der Waals surface area contributed by atoms with Crippen LogP contribution in [0.4, 0.5) is 5.69 Å². The van der Waals surface area contributed by atoms with Crippen molar-refractivity contribution < 1.29 is 9.59 Å². The van der Waals surface area contributed by atoms with Gasteiger partial charge in [0.15, 0.2) is 0 Å². The number of thioether (sulfide) groups is 1. The molecule has 1 aliphatic rings. The monoisotopic (exact) mass is 320 g/mol. The van der Waals surface area contributed by atoms with Crippen LogP contribution in [0.15, 0.2) is 29.2 Å². The Labute approximate surface area is 136 Å². The summed E-state index contributed by atoms with van der Waals surface area (Å²) in [5, 5.41) is 5.95. The number of carbonyl (C=O) groups excluding carboxylic acids is 2. The van der Waals surface area contributed by atoms with Gasteiger partial charge in [-0.3, -0.25) is 9.59 Å².